The van der Waals surface area contributed by atoms with Crippen molar-refractivity contribution in [1.29, 1.82) is 0 Å². The van der Waals surface area contributed by atoms with Crippen LogP contribution in [0.3, 0.4) is 0 Å². The van der Waals surface area contributed by atoms with Crippen LogP contribution in [-0.4, -0.2) is 6.61 Å². The first-order valence-electron chi connectivity index (χ1n) is 6.28. The van der Waals surface area contributed by atoms with Crippen molar-refractivity contribution in [3.8, 4) is 16.9 Å². The van der Waals surface area contributed by atoms with E-state index in [1.807, 2.05) is 24.3 Å². The molecule has 0 amide bonds. The summed E-state index contributed by atoms with van der Waals surface area (Å²) >= 11 is 0. The molecule has 0 spiro atoms. The van der Waals surface area contributed by atoms with Gasteiger partial charge in [-0.1, -0.05) is 37.6 Å². The topological polar surface area (TPSA) is 9.23 Å². The number of ether oxygens (including phenoxy) is 1. The first-order chi connectivity index (χ1) is 8.79. The van der Waals surface area contributed by atoms with E-state index in [4.69, 9.17) is 4.74 Å². The molecule has 0 atom stereocenters. The van der Waals surface area contributed by atoms with Gasteiger partial charge >= 0.3 is 0 Å². The Balaban J connectivity index is 2.13. The van der Waals surface area contributed by atoms with Crippen molar-refractivity contribution in [3.05, 3.63) is 54.3 Å². The van der Waals surface area contributed by atoms with Crippen molar-refractivity contribution in [2.24, 2.45) is 0 Å². The van der Waals surface area contributed by atoms with Gasteiger partial charge in [0.05, 0.1) is 6.61 Å². The maximum atomic E-state index is 12.9. The Kier molecular flexibility index (Phi) is 4.35. The lowest BCUT2D eigenvalue weighted by Gasteiger charge is -2.07. The first kappa shape index (κ1) is 12.6. The third-order valence-corrected chi connectivity index (χ3v) is 2.78. The minimum Gasteiger partial charge on any atom is -0.494 e. The largest absolute Gasteiger partial charge is 0.494 e. The molecule has 2 rings (SSSR count). The van der Waals surface area contributed by atoms with Crippen LogP contribution in [0.25, 0.3) is 11.1 Å². The normalized spacial score (nSPS) is 10.3. The van der Waals surface area contributed by atoms with Crippen LogP contribution in [0, 0.1) is 5.82 Å². The van der Waals surface area contributed by atoms with Crippen LogP contribution in [0.15, 0.2) is 48.5 Å². The van der Waals surface area contributed by atoms with E-state index in [-0.39, 0.29) is 5.82 Å². The maximum absolute atomic E-state index is 12.9. The molecule has 0 unspecified atom stereocenters. The molecule has 2 aromatic rings. The van der Waals surface area contributed by atoms with Gasteiger partial charge in [-0.05, 0) is 41.8 Å². The van der Waals surface area contributed by atoms with Crippen molar-refractivity contribution < 1.29 is 9.13 Å². The zero-order chi connectivity index (χ0) is 12.8. The van der Waals surface area contributed by atoms with Gasteiger partial charge in [0.2, 0.25) is 0 Å². The SMILES string of the molecule is CCCCOc1cccc(-c2ccc(F)cc2)c1. The molecular formula is C16H17FO. The van der Waals surface area contributed by atoms with Crippen molar-refractivity contribution >= 4 is 0 Å². The van der Waals surface area contributed by atoms with E-state index in [9.17, 15) is 4.39 Å². The molecule has 2 aromatic carbocycles. The Hall–Kier alpha value is -1.83. The Labute approximate surface area is 107 Å². The number of unbranched alkanes of at least 4 members (excludes halogenated alkanes) is 1. The summed E-state index contributed by atoms with van der Waals surface area (Å²) in [6.07, 6.45) is 2.18. The summed E-state index contributed by atoms with van der Waals surface area (Å²) in [7, 11) is 0. The molecule has 94 valence electrons. The number of halogens is 1. The summed E-state index contributed by atoms with van der Waals surface area (Å²) in [6, 6.07) is 14.4. The molecule has 0 aromatic heterocycles. The van der Waals surface area contributed by atoms with E-state index >= 15 is 0 Å². The monoisotopic (exact) mass is 244 g/mol. The number of rotatable bonds is 5. The van der Waals surface area contributed by atoms with Crippen molar-refractivity contribution in [3.63, 3.8) is 0 Å². The fourth-order valence-corrected chi connectivity index (χ4v) is 1.74. The molecule has 0 radical (unpaired) electrons. The molecule has 0 aliphatic heterocycles. The third-order valence-electron chi connectivity index (χ3n) is 2.78. The number of hydrogen-bond donors (Lipinski definition) is 0. The fraction of sp³-hybridized carbons (Fsp3) is 0.250. The van der Waals surface area contributed by atoms with Gasteiger partial charge in [-0.25, -0.2) is 4.39 Å². The van der Waals surface area contributed by atoms with Crippen LogP contribution in [-0.2, 0) is 0 Å². The lowest BCUT2D eigenvalue weighted by molar-refractivity contribution is 0.309. The molecule has 0 N–H and O–H groups in total. The van der Waals surface area contributed by atoms with Crippen LogP contribution in [0.1, 0.15) is 19.8 Å². The third kappa shape index (κ3) is 3.33. The Bertz CT molecular complexity index is 491. The molecule has 0 heterocycles. The zero-order valence-electron chi connectivity index (χ0n) is 10.5. The summed E-state index contributed by atoms with van der Waals surface area (Å²) in [5, 5.41) is 0. The van der Waals surface area contributed by atoms with Crippen molar-refractivity contribution in [2.75, 3.05) is 6.61 Å². The minimum atomic E-state index is -0.214. The van der Waals surface area contributed by atoms with Crippen molar-refractivity contribution in [1.82, 2.24) is 0 Å². The van der Waals surface area contributed by atoms with E-state index < -0.39 is 0 Å². The second kappa shape index (κ2) is 6.20. The van der Waals surface area contributed by atoms with Gasteiger partial charge in [0.15, 0.2) is 0 Å². The lowest BCUT2D eigenvalue weighted by atomic mass is 10.1. The smallest absolute Gasteiger partial charge is 0.123 e. The standard InChI is InChI=1S/C16H17FO/c1-2-3-11-18-16-6-4-5-14(12-16)13-7-9-15(17)10-8-13/h4-10,12H,2-3,11H2,1H3. The molecule has 0 saturated carbocycles. The van der Waals surface area contributed by atoms with E-state index in [1.165, 1.54) is 12.1 Å². The van der Waals surface area contributed by atoms with Crippen LogP contribution in [0.2, 0.25) is 0 Å². The molecular weight excluding hydrogens is 227 g/mol. The Morgan fingerprint density at radius 1 is 1.00 bits per heavy atom. The molecule has 0 bridgehead atoms. The summed E-state index contributed by atoms with van der Waals surface area (Å²) in [6.45, 7) is 2.88. The van der Waals surface area contributed by atoms with Crippen LogP contribution < -0.4 is 4.74 Å². The highest BCUT2D eigenvalue weighted by molar-refractivity contribution is 5.64. The van der Waals surface area contributed by atoms with Crippen LogP contribution in [0.5, 0.6) is 5.75 Å². The van der Waals surface area contributed by atoms with Gasteiger partial charge in [0.1, 0.15) is 11.6 Å². The Morgan fingerprint density at radius 2 is 1.78 bits per heavy atom. The number of hydrogen-bond acceptors (Lipinski definition) is 1. The average molecular weight is 244 g/mol. The lowest BCUT2D eigenvalue weighted by Crippen LogP contribution is -1.96. The van der Waals surface area contributed by atoms with Gasteiger partial charge in [-0.15, -0.1) is 0 Å². The zero-order valence-corrected chi connectivity index (χ0v) is 10.5. The average Bonchev–Trinajstić information content (AvgIpc) is 2.40. The highest BCUT2D eigenvalue weighted by atomic mass is 19.1. The molecule has 18 heavy (non-hydrogen) atoms. The molecule has 0 saturated heterocycles. The van der Waals surface area contributed by atoms with Gasteiger partial charge in [-0.2, -0.15) is 0 Å². The van der Waals surface area contributed by atoms with E-state index in [0.29, 0.717) is 0 Å². The van der Waals surface area contributed by atoms with Gasteiger partial charge in [0, 0.05) is 0 Å². The first-order valence-corrected chi connectivity index (χ1v) is 6.28. The highest BCUT2D eigenvalue weighted by Crippen LogP contribution is 2.24. The van der Waals surface area contributed by atoms with Gasteiger partial charge < -0.3 is 4.74 Å². The highest BCUT2D eigenvalue weighted by Gasteiger charge is 2.00. The molecule has 2 heteroatoms. The van der Waals surface area contributed by atoms with E-state index in [0.717, 1.165) is 36.3 Å². The van der Waals surface area contributed by atoms with E-state index in [1.54, 1.807) is 12.1 Å². The number of benzene rings is 2. The summed E-state index contributed by atoms with van der Waals surface area (Å²) < 4.78 is 18.5. The quantitative estimate of drug-likeness (QED) is 0.694. The second-order valence-electron chi connectivity index (χ2n) is 4.24. The van der Waals surface area contributed by atoms with Crippen molar-refractivity contribution in [2.45, 2.75) is 19.8 Å². The van der Waals surface area contributed by atoms with Crippen LogP contribution in [0.4, 0.5) is 4.39 Å². The maximum Gasteiger partial charge on any atom is 0.123 e. The molecule has 0 fully saturated rings. The summed E-state index contributed by atoms with van der Waals surface area (Å²) in [5.74, 6) is 0.652. The van der Waals surface area contributed by atoms with Gasteiger partial charge in [0.25, 0.3) is 0 Å². The summed E-state index contributed by atoms with van der Waals surface area (Å²) in [4.78, 5) is 0. The fourth-order valence-electron chi connectivity index (χ4n) is 1.74. The predicted octanol–water partition coefficient (Wildman–Crippen LogP) is 4.67. The minimum absolute atomic E-state index is 0.214. The van der Waals surface area contributed by atoms with Crippen LogP contribution >= 0.6 is 0 Å². The predicted molar refractivity (Wildman–Crippen MR) is 72.2 cm³/mol. The van der Waals surface area contributed by atoms with E-state index in [2.05, 4.69) is 6.92 Å². The Morgan fingerprint density at radius 3 is 2.50 bits per heavy atom. The molecule has 0 aliphatic carbocycles. The molecule has 0 aliphatic rings. The van der Waals surface area contributed by atoms with Gasteiger partial charge in [-0.3, -0.25) is 0 Å². The second-order valence-corrected chi connectivity index (χ2v) is 4.24. The summed E-state index contributed by atoms with van der Waals surface area (Å²) in [5.41, 5.74) is 2.04. The molecule has 1 nitrogen and oxygen atoms in total.